The standard InChI is InChI=1S/C25H22ClN3O2.CH5N/c1-13-9-19(16(4)29-18-6-8-22(26)28-12-18)25-20(10-13)23(30)15(3)24(31-25)17-5-7-21(27)14(2)11-17;1-2/h5-12,16,27,29H,2H2,1,3-4H3;2H2,1H3. The van der Waals surface area contributed by atoms with Crippen LogP contribution >= 0.6 is 11.6 Å². The van der Waals surface area contributed by atoms with Gasteiger partial charge in [-0.25, -0.2) is 4.98 Å². The zero-order chi connectivity index (χ0) is 24.3. The van der Waals surface area contributed by atoms with E-state index in [0.29, 0.717) is 38.7 Å². The van der Waals surface area contributed by atoms with Crippen LogP contribution in [0.15, 0.2) is 70.1 Å². The van der Waals surface area contributed by atoms with Crippen molar-refractivity contribution < 1.29 is 4.42 Å². The molecule has 0 saturated carbocycles. The van der Waals surface area contributed by atoms with E-state index in [-0.39, 0.29) is 11.5 Å². The van der Waals surface area contributed by atoms with E-state index in [0.717, 1.165) is 22.4 Å². The first-order valence-electron chi connectivity index (χ1n) is 10.5. The second kappa shape index (κ2) is 9.98. The molecule has 33 heavy (non-hydrogen) atoms. The van der Waals surface area contributed by atoms with Gasteiger partial charge in [0.05, 0.1) is 29.0 Å². The summed E-state index contributed by atoms with van der Waals surface area (Å²) in [6.45, 7) is 9.63. The van der Waals surface area contributed by atoms with Crippen molar-refractivity contribution in [1.82, 2.24) is 4.98 Å². The van der Waals surface area contributed by atoms with Crippen LogP contribution in [0.25, 0.3) is 16.5 Å². The number of allylic oxidation sites excluding steroid dienone is 5. The molecule has 3 aromatic rings. The Morgan fingerprint density at radius 2 is 1.94 bits per heavy atom. The van der Waals surface area contributed by atoms with E-state index in [1.54, 1.807) is 37.4 Å². The van der Waals surface area contributed by atoms with E-state index < -0.39 is 0 Å². The number of nitrogens with zero attached hydrogens (tertiary/aromatic N) is 1. The van der Waals surface area contributed by atoms with Crippen LogP contribution in [-0.4, -0.2) is 17.7 Å². The van der Waals surface area contributed by atoms with Crippen LogP contribution in [0.2, 0.25) is 5.15 Å². The summed E-state index contributed by atoms with van der Waals surface area (Å²) in [5.74, 6) is 0.493. The van der Waals surface area contributed by atoms with Crippen molar-refractivity contribution in [1.29, 1.82) is 5.41 Å². The predicted octanol–water partition coefficient (Wildman–Crippen LogP) is 5.74. The summed E-state index contributed by atoms with van der Waals surface area (Å²) < 4.78 is 6.35. The summed E-state index contributed by atoms with van der Waals surface area (Å²) in [4.78, 5) is 17.3. The third kappa shape index (κ3) is 4.97. The Morgan fingerprint density at radius 1 is 1.21 bits per heavy atom. The molecule has 1 aliphatic carbocycles. The zero-order valence-electron chi connectivity index (χ0n) is 19.1. The maximum absolute atomic E-state index is 13.2. The summed E-state index contributed by atoms with van der Waals surface area (Å²) in [6, 6.07) is 7.30. The Hall–Kier alpha value is -3.48. The van der Waals surface area contributed by atoms with Crippen molar-refractivity contribution in [2.75, 3.05) is 12.4 Å². The van der Waals surface area contributed by atoms with Crippen LogP contribution in [0.1, 0.15) is 35.4 Å². The van der Waals surface area contributed by atoms with Gasteiger partial charge in [-0.2, -0.15) is 0 Å². The molecule has 1 aromatic carbocycles. The van der Waals surface area contributed by atoms with E-state index >= 15 is 0 Å². The van der Waals surface area contributed by atoms with E-state index in [9.17, 15) is 4.79 Å². The van der Waals surface area contributed by atoms with Gasteiger partial charge in [0.2, 0.25) is 0 Å². The molecule has 7 heteroatoms. The monoisotopic (exact) mass is 462 g/mol. The highest BCUT2D eigenvalue weighted by molar-refractivity contribution is 6.29. The molecule has 0 amide bonds. The number of anilines is 1. The van der Waals surface area contributed by atoms with Crippen molar-refractivity contribution in [2.45, 2.75) is 26.8 Å². The first-order valence-corrected chi connectivity index (χ1v) is 10.8. The van der Waals surface area contributed by atoms with Gasteiger partial charge in [-0.05, 0) is 75.4 Å². The molecule has 4 rings (SSSR count). The number of aryl methyl sites for hydroxylation is 1. The molecule has 0 saturated heterocycles. The highest BCUT2D eigenvalue weighted by atomic mass is 35.5. The minimum Gasteiger partial charge on any atom is -0.455 e. The van der Waals surface area contributed by atoms with E-state index in [1.807, 2.05) is 32.0 Å². The molecule has 4 N–H and O–H groups in total. The quantitative estimate of drug-likeness (QED) is 0.429. The highest BCUT2D eigenvalue weighted by Crippen LogP contribution is 2.32. The minimum absolute atomic E-state index is 0.0675. The van der Waals surface area contributed by atoms with Crippen molar-refractivity contribution >= 4 is 39.5 Å². The molecule has 0 spiro atoms. The van der Waals surface area contributed by atoms with Crippen LogP contribution in [-0.2, 0) is 0 Å². The number of hydrogen-bond acceptors (Lipinski definition) is 6. The van der Waals surface area contributed by atoms with Crippen LogP contribution < -0.4 is 16.5 Å². The molecule has 2 heterocycles. The van der Waals surface area contributed by atoms with Crippen LogP contribution in [0.4, 0.5) is 5.69 Å². The molecule has 1 atom stereocenters. The third-order valence-electron chi connectivity index (χ3n) is 5.34. The van der Waals surface area contributed by atoms with Gasteiger partial charge in [0.1, 0.15) is 16.5 Å². The van der Waals surface area contributed by atoms with E-state index in [1.165, 1.54) is 7.05 Å². The molecular weight excluding hydrogens is 436 g/mol. The lowest BCUT2D eigenvalue weighted by Crippen LogP contribution is -2.13. The van der Waals surface area contributed by atoms with Crippen LogP contribution in [0.3, 0.4) is 0 Å². The Kier molecular flexibility index (Phi) is 7.31. The van der Waals surface area contributed by atoms with Gasteiger partial charge in [0.15, 0.2) is 5.43 Å². The topological polar surface area (TPSA) is 105 Å². The number of hydrogen-bond donors (Lipinski definition) is 3. The fourth-order valence-electron chi connectivity index (χ4n) is 3.69. The number of aromatic nitrogens is 1. The third-order valence-corrected chi connectivity index (χ3v) is 5.56. The molecule has 1 aliphatic rings. The lowest BCUT2D eigenvalue weighted by Gasteiger charge is -2.19. The zero-order valence-corrected chi connectivity index (χ0v) is 19.9. The largest absolute Gasteiger partial charge is 0.455 e. The number of nitrogens with one attached hydrogen (secondary N) is 2. The van der Waals surface area contributed by atoms with Crippen molar-refractivity contribution in [3.05, 3.63) is 98.7 Å². The van der Waals surface area contributed by atoms with Crippen molar-refractivity contribution in [2.24, 2.45) is 5.73 Å². The molecule has 0 aliphatic heterocycles. The van der Waals surface area contributed by atoms with E-state index in [4.69, 9.17) is 21.4 Å². The van der Waals surface area contributed by atoms with Gasteiger partial charge in [0.25, 0.3) is 0 Å². The Morgan fingerprint density at radius 3 is 2.58 bits per heavy atom. The maximum atomic E-state index is 13.2. The average Bonchev–Trinajstić information content (AvgIpc) is 2.81. The lowest BCUT2D eigenvalue weighted by molar-refractivity contribution is 0.575. The summed E-state index contributed by atoms with van der Waals surface area (Å²) >= 11 is 5.89. The average molecular weight is 463 g/mol. The second-order valence-electron chi connectivity index (χ2n) is 7.72. The van der Waals surface area contributed by atoms with Crippen LogP contribution in [0.5, 0.6) is 0 Å². The number of fused-ring (bicyclic) bond motifs is 1. The Balaban J connectivity index is 0.00000149. The lowest BCUT2D eigenvalue weighted by atomic mass is 9.95. The summed E-state index contributed by atoms with van der Waals surface area (Å²) in [7, 11) is 1.50. The van der Waals surface area contributed by atoms with Gasteiger partial charge in [-0.1, -0.05) is 24.2 Å². The SMILES string of the molecule is C=C1C=C(c2oc3c(C(C)Nc4ccc(Cl)nc4)cc(C)cc3c(=O)c2C)C=CC1=N.CN. The van der Waals surface area contributed by atoms with E-state index in [2.05, 4.69) is 22.6 Å². The smallest absolute Gasteiger partial charge is 0.196 e. The molecule has 2 aromatic heterocycles. The van der Waals surface area contributed by atoms with Gasteiger partial charge in [-0.3, -0.25) is 4.79 Å². The number of benzene rings is 1. The van der Waals surface area contributed by atoms with Crippen molar-refractivity contribution in [3.8, 4) is 0 Å². The van der Waals surface area contributed by atoms with Crippen LogP contribution in [0, 0.1) is 19.3 Å². The molecule has 0 fully saturated rings. The molecule has 6 nitrogen and oxygen atoms in total. The fraction of sp³-hybridized carbons (Fsp3) is 0.192. The first kappa shape index (κ1) is 24.2. The molecule has 170 valence electrons. The minimum atomic E-state index is -0.150. The molecule has 0 bridgehead atoms. The first-order chi connectivity index (χ1) is 15.7. The normalized spacial score (nSPS) is 13.9. The van der Waals surface area contributed by atoms with Gasteiger partial charge in [-0.15, -0.1) is 0 Å². The Labute approximate surface area is 198 Å². The number of halogens is 1. The summed E-state index contributed by atoms with van der Waals surface area (Å²) in [6.07, 6.45) is 6.88. The fourth-order valence-corrected chi connectivity index (χ4v) is 3.80. The summed E-state index contributed by atoms with van der Waals surface area (Å²) in [5, 5.41) is 12.2. The Bertz CT molecular complexity index is 1350. The van der Waals surface area contributed by atoms with Gasteiger partial charge < -0.3 is 20.9 Å². The number of rotatable bonds is 4. The molecular formula is C26H27ClN4O2. The predicted molar refractivity (Wildman–Crippen MR) is 137 cm³/mol. The van der Waals surface area contributed by atoms with Gasteiger partial charge in [0, 0.05) is 16.7 Å². The molecule has 1 unspecified atom stereocenters. The molecule has 0 radical (unpaired) electrons. The summed E-state index contributed by atoms with van der Waals surface area (Å²) in [5.41, 5.74) is 9.81. The number of nitrogens with two attached hydrogens (primary N) is 1. The number of pyridine rings is 1. The maximum Gasteiger partial charge on any atom is 0.196 e. The highest BCUT2D eigenvalue weighted by Gasteiger charge is 2.20. The van der Waals surface area contributed by atoms with Crippen molar-refractivity contribution in [3.63, 3.8) is 0 Å². The second-order valence-corrected chi connectivity index (χ2v) is 8.11. The van der Waals surface area contributed by atoms with Gasteiger partial charge >= 0.3 is 0 Å².